The fraction of sp³-hybridized carbons (Fsp3) is 0.333. The lowest BCUT2D eigenvalue weighted by molar-refractivity contribution is -0.141. The highest BCUT2D eigenvalue weighted by molar-refractivity contribution is 7.50. The van der Waals surface area contributed by atoms with Gasteiger partial charge in [0.25, 0.3) is 0 Å². The molecule has 21 heavy (non-hydrogen) atoms. The van der Waals surface area contributed by atoms with Gasteiger partial charge in [0.2, 0.25) is 0 Å². The molecule has 0 fully saturated rings. The van der Waals surface area contributed by atoms with Crippen LogP contribution in [-0.2, 0) is 23.2 Å². The lowest BCUT2D eigenvalue weighted by Gasteiger charge is -2.19. The van der Waals surface area contributed by atoms with Crippen molar-refractivity contribution < 1.29 is 27.7 Å². The Morgan fingerprint density at radius 2 is 1.43 bits per heavy atom. The normalized spacial score (nSPS) is 13.9. The van der Waals surface area contributed by atoms with E-state index < -0.39 is 31.8 Å². The number of phosphoric ester groups is 1. The summed E-state index contributed by atoms with van der Waals surface area (Å²) in [7, 11) is -4.52. The molecule has 8 nitrogen and oxygen atoms in total. The van der Waals surface area contributed by atoms with E-state index in [4.69, 9.17) is 16.0 Å². The zero-order chi connectivity index (χ0) is 16.0. The van der Waals surface area contributed by atoms with Gasteiger partial charge in [-0.2, -0.15) is 4.57 Å². The summed E-state index contributed by atoms with van der Waals surface area (Å²) >= 11 is 0. The minimum absolute atomic E-state index is 0.0933. The maximum atomic E-state index is 12.4. The fourth-order valence-electron chi connectivity index (χ4n) is 1.05. The van der Waals surface area contributed by atoms with E-state index in [1.165, 1.54) is 26.0 Å². The molecule has 0 radical (unpaired) electrons. The first kappa shape index (κ1) is 17.2. The summed E-state index contributed by atoms with van der Waals surface area (Å²) in [5, 5.41) is 0. The molecule has 0 spiro atoms. The van der Waals surface area contributed by atoms with Gasteiger partial charge < -0.3 is 25.0 Å². The van der Waals surface area contributed by atoms with Crippen molar-refractivity contribution in [2.45, 2.75) is 25.9 Å². The quantitative estimate of drug-likeness (QED) is 0.742. The van der Waals surface area contributed by atoms with E-state index in [-0.39, 0.29) is 5.75 Å². The molecule has 0 aliphatic rings. The third kappa shape index (κ3) is 5.55. The van der Waals surface area contributed by atoms with Gasteiger partial charge in [0.05, 0.1) is 0 Å². The van der Waals surface area contributed by atoms with E-state index in [2.05, 4.69) is 9.05 Å². The van der Waals surface area contributed by atoms with Crippen LogP contribution in [0.2, 0.25) is 0 Å². The fourth-order valence-corrected chi connectivity index (χ4v) is 2.32. The second-order valence-electron chi connectivity index (χ2n) is 4.25. The van der Waals surface area contributed by atoms with Gasteiger partial charge in [0.15, 0.2) is 0 Å². The molecule has 0 saturated carbocycles. The SMILES string of the molecule is C[C@H](N)C(=O)OP(=O)(OC(=O)[C@H](C)N)Oc1ccccc1. The molecule has 0 amide bonds. The van der Waals surface area contributed by atoms with Crippen molar-refractivity contribution in [3.05, 3.63) is 30.3 Å². The molecule has 9 heteroatoms. The van der Waals surface area contributed by atoms with Crippen LogP contribution in [0.5, 0.6) is 5.75 Å². The standard InChI is InChI=1S/C12H17N2O6P/c1-8(13)11(15)19-21(17,20-12(16)9(2)14)18-10-6-4-3-5-7-10/h3-9H,13-14H2,1-2H3/t8-,9-/m0/s1. The predicted octanol–water partition coefficient (Wildman–Crippen LogP) is 0.954. The highest BCUT2D eigenvalue weighted by atomic mass is 31.2. The number of para-hydroxylation sites is 1. The Labute approximate surface area is 122 Å². The third-order valence-corrected chi connectivity index (χ3v) is 3.35. The number of benzene rings is 1. The molecule has 0 aliphatic carbocycles. The lowest BCUT2D eigenvalue weighted by Crippen LogP contribution is -2.31. The molecule has 0 saturated heterocycles. The monoisotopic (exact) mass is 316 g/mol. The Kier molecular flexibility index (Phi) is 5.90. The van der Waals surface area contributed by atoms with Crippen LogP contribution < -0.4 is 16.0 Å². The van der Waals surface area contributed by atoms with Gasteiger partial charge >= 0.3 is 19.8 Å². The van der Waals surface area contributed by atoms with Crippen molar-refractivity contribution in [3.8, 4) is 5.75 Å². The number of phosphoric acid groups is 1. The zero-order valence-corrected chi connectivity index (χ0v) is 12.5. The van der Waals surface area contributed by atoms with E-state index in [0.717, 1.165) is 0 Å². The van der Waals surface area contributed by atoms with Gasteiger partial charge in [-0.05, 0) is 26.0 Å². The minimum Gasteiger partial charge on any atom is -0.386 e. The second kappa shape index (κ2) is 7.21. The summed E-state index contributed by atoms with van der Waals surface area (Å²) < 4.78 is 26.6. The van der Waals surface area contributed by atoms with Crippen LogP contribution in [0.3, 0.4) is 0 Å². The van der Waals surface area contributed by atoms with Gasteiger partial charge in [0, 0.05) is 0 Å². The number of hydrogen-bond acceptors (Lipinski definition) is 8. The molecule has 0 aromatic heterocycles. The first-order chi connectivity index (χ1) is 9.73. The molecular formula is C12H17N2O6P. The van der Waals surface area contributed by atoms with Gasteiger partial charge in [-0.3, -0.25) is 0 Å². The molecule has 4 N–H and O–H groups in total. The van der Waals surface area contributed by atoms with Crippen molar-refractivity contribution in [2.75, 3.05) is 0 Å². The topological polar surface area (TPSA) is 131 Å². The molecule has 1 rings (SSSR count). The summed E-state index contributed by atoms with van der Waals surface area (Å²) in [5.74, 6) is -1.98. The minimum atomic E-state index is -4.52. The molecule has 0 heterocycles. The molecule has 2 atom stereocenters. The first-order valence-corrected chi connectivity index (χ1v) is 7.52. The lowest BCUT2D eigenvalue weighted by atomic mass is 10.3. The molecule has 0 unspecified atom stereocenters. The second-order valence-corrected chi connectivity index (χ2v) is 5.69. The smallest absolute Gasteiger partial charge is 0.386 e. The maximum absolute atomic E-state index is 12.4. The maximum Gasteiger partial charge on any atom is 0.651 e. The van der Waals surface area contributed by atoms with Crippen molar-refractivity contribution in [1.82, 2.24) is 0 Å². The number of carbonyl (C=O) groups is 2. The van der Waals surface area contributed by atoms with Crippen LogP contribution in [0.1, 0.15) is 13.8 Å². The average molecular weight is 316 g/mol. The molecule has 1 aromatic rings. The molecule has 116 valence electrons. The number of carbonyl (C=O) groups excluding carboxylic acids is 2. The Morgan fingerprint density at radius 3 is 1.81 bits per heavy atom. The Bertz CT molecular complexity index is 520. The average Bonchev–Trinajstić information content (AvgIpc) is 2.38. The van der Waals surface area contributed by atoms with E-state index >= 15 is 0 Å². The van der Waals surface area contributed by atoms with Gasteiger partial charge in [-0.1, -0.05) is 18.2 Å². The summed E-state index contributed by atoms with van der Waals surface area (Å²) in [6.45, 7) is 2.64. The summed E-state index contributed by atoms with van der Waals surface area (Å²) in [4.78, 5) is 23.0. The van der Waals surface area contributed by atoms with Crippen molar-refractivity contribution in [2.24, 2.45) is 11.5 Å². The van der Waals surface area contributed by atoms with Crippen LogP contribution in [0, 0.1) is 0 Å². The summed E-state index contributed by atoms with van der Waals surface area (Å²) in [6, 6.07) is 5.66. The molecule has 0 bridgehead atoms. The molecule has 1 aromatic carbocycles. The predicted molar refractivity (Wildman–Crippen MR) is 74.2 cm³/mol. The van der Waals surface area contributed by atoms with Crippen molar-refractivity contribution >= 4 is 19.8 Å². The van der Waals surface area contributed by atoms with E-state index in [1.807, 2.05) is 0 Å². The highest BCUT2D eigenvalue weighted by Crippen LogP contribution is 2.50. The highest BCUT2D eigenvalue weighted by Gasteiger charge is 2.39. The van der Waals surface area contributed by atoms with Crippen LogP contribution in [0.15, 0.2) is 30.3 Å². The third-order valence-electron chi connectivity index (χ3n) is 2.11. The van der Waals surface area contributed by atoms with Crippen molar-refractivity contribution in [3.63, 3.8) is 0 Å². The Morgan fingerprint density at radius 1 is 1.00 bits per heavy atom. The number of rotatable bonds is 6. The summed E-state index contributed by atoms with van der Waals surface area (Å²) in [5.41, 5.74) is 10.6. The number of nitrogens with two attached hydrogens (primary N) is 2. The van der Waals surface area contributed by atoms with Gasteiger partial charge in [0.1, 0.15) is 17.8 Å². The number of hydrogen-bond donors (Lipinski definition) is 2. The van der Waals surface area contributed by atoms with Crippen LogP contribution in [0.25, 0.3) is 0 Å². The van der Waals surface area contributed by atoms with E-state index in [1.54, 1.807) is 18.2 Å². The first-order valence-electron chi connectivity index (χ1n) is 6.06. The van der Waals surface area contributed by atoms with Gasteiger partial charge in [-0.15, -0.1) is 0 Å². The van der Waals surface area contributed by atoms with E-state index in [9.17, 15) is 14.2 Å². The molecular weight excluding hydrogens is 299 g/mol. The van der Waals surface area contributed by atoms with Crippen LogP contribution in [0.4, 0.5) is 0 Å². The zero-order valence-electron chi connectivity index (χ0n) is 11.6. The van der Waals surface area contributed by atoms with E-state index in [0.29, 0.717) is 0 Å². The van der Waals surface area contributed by atoms with Crippen molar-refractivity contribution in [1.29, 1.82) is 0 Å². The van der Waals surface area contributed by atoms with Gasteiger partial charge in [-0.25, -0.2) is 9.59 Å². The van der Waals surface area contributed by atoms with Crippen LogP contribution in [-0.4, -0.2) is 24.0 Å². The largest absolute Gasteiger partial charge is 0.651 e. The molecule has 0 aliphatic heterocycles. The van der Waals surface area contributed by atoms with Crippen LogP contribution >= 0.6 is 7.82 Å². The Hall–Kier alpha value is -1.89. The summed E-state index contributed by atoms with van der Waals surface area (Å²) in [6.07, 6.45) is 0. The Balaban J connectivity index is 2.95.